The minimum absolute atomic E-state index is 0.00326. The Hall–Kier alpha value is -4.55. The molecule has 0 aliphatic heterocycles. The first-order chi connectivity index (χ1) is 21.5. The predicted octanol–water partition coefficient (Wildman–Crippen LogP) is 5.72. The van der Waals surface area contributed by atoms with Gasteiger partial charge in [-0.25, -0.2) is 8.42 Å². The predicted molar refractivity (Wildman–Crippen MR) is 176 cm³/mol. The lowest BCUT2D eigenvalue weighted by atomic mass is 10.0. The van der Waals surface area contributed by atoms with E-state index in [2.05, 4.69) is 21.2 Å². The highest BCUT2D eigenvalue weighted by molar-refractivity contribution is 9.10. The number of nitro groups is 1. The Labute approximate surface area is 271 Å². The first-order valence-electron chi connectivity index (χ1n) is 14.2. The minimum Gasteiger partial charge on any atom is -0.352 e. The van der Waals surface area contributed by atoms with Crippen LogP contribution in [0.15, 0.2) is 119 Å². The number of carbonyl (C=O) groups is 2. The molecule has 0 bridgehead atoms. The standard InChI is InChI=1S/C33H33BrN4O6S/c1-24(2)35-33(40)31(20-25-10-5-3-6-11-25)36(22-26-16-18-27(34)19-17-26)32(39)23-37(28-12-9-13-29(21-28)38(41)42)45(43,44)30-14-7-4-8-15-30/h3-19,21,24,31H,20,22-23H2,1-2H3,(H,35,40). The Morgan fingerprint density at radius 1 is 0.867 bits per heavy atom. The molecule has 1 N–H and O–H groups in total. The second-order valence-corrected chi connectivity index (χ2v) is 13.4. The van der Waals surface area contributed by atoms with Crippen molar-refractivity contribution in [3.05, 3.63) is 135 Å². The molecule has 0 aliphatic carbocycles. The molecule has 0 spiro atoms. The third kappa shape index (κ3) is 8.77. The van der Waals surface area contributed by atoms with E-state index in [1.807, 2.05) is 68.4 Å². The molecule has 12 heteroatoms. The third-order valence-corrected chi connectivity index (χ3v) is 9.22. The van der Waals surface area contributed by atoms with Crippen LogP contribution >= 0.6 is 15.9 Å². The Morgan fingerprint density at radius 2 is 1.49 bits per heavy atom. The maximum atomic E-state index is 14.4. The number of benzene rings is 4. The van der Waals surface area contributed by atoms with E-state index in [-0.39, 0.29) is 35.3 Å². The highest BCUT2D eigenvalue weighted by Crippen LogP contribution is 2.28. The number of amides is 2. The fourth-order valence-electron chi connectivity index (χ4n) is 4.73. The first kappa shape index (κ1) is 33.3. The second kappa shape index (κ2) is 15.0. The van der Waals surface area contributed by atoms with E-state index < -0.39 is 39.3 Å². The number of nitrogens with one attached hydrogen (secondary N) is 1. The van der Waals surface area contributed by atoms with Gasteiger partial charge in [0.1, 0.15) is 12.6 Å². The van der Waals surface area contributed by atoms with Crippen LogP contribution in [0.5, 0.6) is 0 Å². The number of anilines is 1. The lowest BCUT2D eigenvalue weighted by Crippen LogP contribution is -2.54. The maximum absolute atomic E-state index is 14.4. The van der Waals surface area contributed by atoms with Crippen molar-refractivity contribution in [1.29, 1.82) is 0 Å². The molecule has 0 aromatic heterocycles. The summed E-state index contributed by atoms with van der Waals surface area (Å²) < 4.78 is 29.7. The van der Waals surface area contributed by atoms with Gasteiger partial charge in [0.25, 0.3) is 15.7 Å². The number of hydrogen-bond donors (Lipinski definition) is 1. The monoisotopic (exact) mass is 692 g/mol. The van der Waals surface area contributed by atoms with E-state index in [1.165, 1.54) is 35.2 Å². The molecule has 0 fully saturated rings. The van der Waals surface area contributed by atoms with Gasteiger partial charge >= 0.3 is 0 Å². The summed E-state index contributed by atoms with van der Waals surface area (Å²) in [5.74, 6) is -1.06. The molecule has 0 radical (unpaired) electrons. The van der Waals surface area contributed by atoms with Crippen molar-refractivity contribution in [2.45, 2.75) is 43.8 Å². The minimum atomic E-state index is -4.37. The first-order valence-corrected chi connectivity index (χ1v) is 16.4. The largest absolute Gasteiger partial charge is 0.352 e. The van der Waals surface area contributed by atoms with Crippen LogP contribution in [0.1, 0.15) is 25.0 Å². The molecular weight excluding hydrogens is 660 g/mol. The van der Waals surface area contributed by atoms with E-state index in [1.54, 1.807) is 18.2 Å². The molecular formula is C33H33BrN4O6S. The van der Waals surface area contributed by atoms with Crippen molar-refractivity contribution in [3.63, 3.8) is 0 Å². The van der Waals surface area contributed by atoms with Gasteiger partial charge in [-0.05, 0) is 55.3 Å². The van der Waals surface area contributed by atoms with Gasteiger partial charge < -0.3 is 10.2 Å². The average molecular weight is 694 g/mol. The molecule has 1 atom stereocenters. The highest BCUT2D eigenvalue weighted by atomic mass is 79.9. The molecule has 4 rings (SSSR count). The van der Waals surface area contributed by atoms with Crippen LogP contribution in [0, 0.1) is 10.1 Å². The summed E-state index contributed by atoms with van der Waals surface area (Å²) in [4.78, 5) is 40.4. The second-order valence-electron chi connectivity index (χ2n) is 10.6. The number of nitro benzene ring substituents is 1. The molecule has 1 unspecified atom stereocenters. The Kier molecular flexibility index (Phi) is 11.1. The van der Waals surface area contributed by atoms with Crippen molar-refractivity contribution in [1.82, 2.24) is 10.2 Å². The third-order valence-electron chi connectivity index (χ3n) is 6.91. The summed E-state index contributed by atoms with van der Waals surface area (Å²) in [6.45, 7) is 2.92. The van der Waals surface area contributed by atoms with E-state index in [0.717, 1.165) is 26.0 Å². The topological polar surface area (TPSA) is 130 Å². The molecule has 45 heavy (non-hydrogen) atoms. The van der Waals surface area contributed by atoms with Crippen molar-refractivity contribution in [3.8, 4) is 0 Å². The summed E-state index contributed by atoms with van der Waals surface area (Å²) in [6.07, 6.45) is 0.171. The summed E-state index contributed by atoms with van der Waals surface area (Å²) >= 11 is 3.42. The molecule has 4 aromatic rings. The van der Waals surface area contributed by atoms with Crippen molar-refractivity contribution in [2.75, 3.05) is 10.8 Å². The Balaban J connectivity index is 1.82. The molecule has 0 saturated carbocycles. The van der Waals surface area contributed by atoms with Crippen LogP contribution in [-0.2, 0) is 32.6 Å². The van der Waals surface area contributed by atoms with Crippen molar-refractivity contribution < 1.29 is 22.9 Å². The zero-order chi connectivity index (χ0) is 32.6. The van der Waals surface area contributed by atoms with Gasteiger partial charge in [-0.1, -0.05) is 82.7 Å². The van der Waals surface area contributed by atoms with Gasteiger partial charge in [-0.3, -0.25) is 24.0 Å². The van der Waals surface area contributed by atoms with Crippen LogP contribution in [0.25, 0.3) is 0 Å². The zero-order valence-corrected chi connectivity index (χ0v) is 27.1. The molecule has 4 aromatic carbocycles. The van der Waals surface area contributed by atoms with Gasteiger partial charge in [0.05, 0.1) is 15.5 Å². The normalized spacial score (nSPS) is 11.9. The number of nitrogens with zero attached hydrogens (tertiary/aromatic N) is 3. The summed E-state index contributed by atoms with van der Waals surface area (Å²) in [5, 5.41) is 14.5. The van der Waals surface area contributed by atoms with Gasteiger partial charge in [0.2, 0.25) is 11.8 Å². The van der Waals surface area contributed by atoms with Gasteiger partial charge in [0.15, 0.2) is 0 Å². The van der Waals surface area contributed by atoms with Gasteiger partial charge in [0, 0.05) is 35.6 Å². The summed E-state index contributed by atoms with van der Waals surface area (Å²) in [5.41, 5.74) is 1.13. The molecule has 0 saturated heterocycles. The molecule has 10 nitrogen and oxygen atoms in total. The SMILES string of the molecule is CC(C)NC(=O)C(Cc1ccccc1)N(Cc1ccc(Br)cc1)C(=O)CN(c1cccc([N+](=O)[O-])c1)S(=O)(=O)c1ccccc1. The summed E-state index contributed by atoms with van der Waals surface area (Å²) in [6, 6.07) is 27.9. The fraction of sp³-hybridized carbons (Fsp3) is 0.212. The molecule has 234 valence electrons. The van der Waals surface area contributed by atoms with E-state index >= 15 is 0 Å². The van der Waals surface area contributed by atoms with Crippen LogP contribution in [0.4, 0.5) is 11.4 Å². The Bertz CT molecular complexity index is 1740. The van der Waals surface area contributed by atoms with Gasteiger partial charge in [-0.2, -0.15) is 0 Å². The Morgan fingerprint density at radius 3 is 2.09 bits per heavy atom. The molecule has 2 amide bonds. The number of rotatable bonds is 13. The van der Waals surface area contributed by atoms with Crippen molar-refractivity contribution >= 4 is 49.1 Å². The smallest absolute Gasteiger partial charge is 0.271 e. The number of sulfonamides is 1. The molecule has 0 heterocycles. The number of hydrogen-bond acceptors (Lipinski definition) is 6. The fourth-order valence-corrected chi connectivity index (χ4v) is 6.42. The van der Waals surface area contributed by atoms with Gasteiger partial charge in [-0.15, -0.1) is 0 Å². The number of halogens is 1. The lowest BCUT2D eigenvalue weighted by Gasteiger charge is -2.34. The van der Waals surface area contributed by atoms with E-state index in [9.17, 15) is 28.1 Å². The van der Waals surface area contributed by atoms with Crippen LogP contribution in [-0.4, -0.2) is 48.7 Å². The summed E-state index contributed by atoms with van der Waals surface area (Å²) in [7, 11) is -4.37. The van der Waals surface area contributed by atoms with Crippen molar-refractivity contribution in [2.24, 2.45) is 0 Å². The van der Waals surface area contributed by atoms with E-state index in [4.69, 9.17) is 0 Å². The quantitative estimate of drug-likeness (QED) is 0.141. The zero-order valence-electron chi connectivity index (χ0n) is 24.7. The highest BCUT2D eigenvalue weighted by Gasteiger charge is 2.35. The lowest BCUT2D eigenvalue weighted by molar-refractivity contribution is -0.384. The number of carbonyl (C=O) groups excluding carboxylic acids is 2. The number of non-ortho nitro benzene ring substituents is 1. The average Bonchev–Trinajstić information content (AvgIpc) is 3.02. The van der Waals surface area contributed by atoms with E-state index in [0.29, 0.717) is 0 Å². The van der Waals surface area contributed by atoms with Crippen LogP contribution in [0.2, 0.25) is 0 Å². The van der Waals surface area contributed by atoms with Crippen LogP contribution in [0.3, 0.4) is 0 Å². The maximum Gasteiger partial charge on any atom is 0.271 e. The van der Waals surface area contributed by atoms with Crippen LogP contribution < -0.4 is 9.62 Å². The molecule has 0 aliphatic rings.